The molecule has 1 heterocycles. The van der Waals surface area contributed by atoms with Gasteiger partial charge >= 0.3 is 6.61 Å². The number of benzene rings is 1. The highest BCUT2D eigenvalue weighted by Crippen LogP contribution is 2.34. The second-order valence-corrected chi connectivity index (χ2v) is 7.87. The first kappa shape index (κ1) is 16.1. The third-order valence-electron chi connectivity index (χ3n) is 3.85. The lowest BCUT2D eigenvalue weighted by Crippen LogP contribution is -2.55. The predicted molar refractivity (Wildman–Crippen MR) is 78.7 cm³/mol. The third-order valence-corrected chi connectivity index (χ3v) is 6.18. The van der Waals surface area contributed by atoms with Crippen LogP contribution in [-0.4, -0.2) is 43.6 Å². The Bertz CT molecular complexity index is 700. The van der Waals surface area contributed by atoms with E-state index in [1.54, 1.807) is 6.07 Å². The van der Waals surface area contributed by atoms with Crippen LogP contribution >= 0.6 is 0 Å². The fourth-order valence-corrected chi connectivity index (χ4v) is 4.31. The van der Waals surface area contributed by atoms with E-state index in [0.717, 1.165) is 0 Å². The second-order valence-electron chi connectivity index (χ2n) is 5.65. The topological polar surface area (TPSA) is 75.7 Å². The molecule has 1 aliphatic carbocycles. The van der Waals surface area contributed by atoms with Crippen LogP contribution < -0.4 is 10.1 Å². The highest BCUT2D eigenvalue weighted by molar-refractivity contribution is 7.90. The van der Waals surface area contributed by atoms with Gasteiger partial charge in [-0.2, -0.15) is 13.1 Å². The average Bonchev–Trinajstić information content (AvgIpc) is 3.20. The molecular weight excluding hydrogens is 330 g/mol. The number of halogens is 2. The molecule has 3 rings (SSSR count). The van der Waals surface area contributed by atoms with Crippen molar-refractivity contribution in [1.29, 1.82) is 0 Å². The van der Waals surface area contributed by atoms with Crippen molar-refractivity contribution in [2.45, 2.75) is 24.7 Å². The van der Waals surface area contributed by atoms with E-state index in [0.29, 0.717) is 18.5 Å². The largest absolute Gasteiger partial charge is 0.435 e. The number of rotatable bonds is 6. The van der Waals surface area contributed by atoms with Gasteiger partial charge < -0.3 is 10.1 Å². The number of carbonyl (C=O) groups excluding carboxylic acids is 1. The number of ether oxygens (including phenoxy) is 1. The first-order valence-electron chi connectivity index (χ1n) is 7.21. The zero-order chi connectivity index (χ0) is 16.6. The van der Waals surface area contributed by atoms with E-state index >= 15 is 0 Å². The van der Waals surface area contributed by atoms with Crippen LogP contribution in [0.5, 0.6) is 5.75 Å². The van der Waals surface area contributed by atoms with E-state index in [1.165, 1.54) is 22.5 Å². The molecule has 1 amide bonds. The molecule has 1 saturated carbocycles. The van der Waals surface area contributed by atoms with Gasteiger partial charge in [0.05, 0.1) is 11.2 Å². The SMILES string of the molecule is O=C(Nc1cccc(OC(F)F)c1)C1CN(S(=O)(=O)C2CC2)C1. The Labute approximate surface area is 132 Å². The van der Waals surface area contributed by atoms with E-state index < -0.39 is 22.6 Å². The fraction of sp³-hybridized carbons (Fsp3) is 0.500. The summed E-state index contributed by atoms with van der Waals surface area (Å²) in [6.45, 7) is -2.61. The molecule has 23 heavy (non-hydrogen) atoms. The minimum absolute atomic E-state index is 0.0515. The van der Waals surface area contributed by atoms with Gasteiger partial charge in [0.2, 0.25) is 15.9 Å². The lowest BCUT2D eigenvalue weighted by molar-refractivity contribution is -0.122. The summed E-state index contributed by atoms with van der Waals surface area (Å²) < 4.78 is 53.8. The number of alkyl halides is 2. The standard InChI is InChI=1S/C14H16F2N2O4S/c15-14(16)22-11-3-1-2-10(6-11)17-13(19)9-7-18(8-9)23(20,21)12-4-5-12/h1-3,6,9,12,14H,4-5,7-8H2,(H,17,19). The van der Waals surface area contributed by atoms with Gasteiger partial charge in [-0.3, -0.25) is 4.79 Å². The first-order valence-corrected chi connectivity index (χ1v) is 8.71. The van der Waals surface area contributed by atoms with Crippen LogP contribution in [-0.2, 0) is 14.8 Å². The number of nitrogens with one attached hydrogen (secondary N) is 1. The van der Waals surface area contributed by atoms with Crippen molar-refractivity contribution in [3.05, 3.63) is 24.3 Å². The molecule has 0 unspecified atom stereocenters. The predicted octanol–water partition coefficient (Wildman–Crippen LogP) is 1.65. The normalized spacial score (nSPS) is 19.4. The van der Waals surface area contributed by atoms with Crippen LogP contribution in [0.1, 0.15) is 12.8 Å². The number of nitrogens with zero attached hydrogens (tertiary/aromatic N) is 1. The first-order chi connectivity index (χ1) is 10.9. The van der Waals surface area contributed by atoms with Gasteiger partial charge in [0.25, 0.3) is 0 Å². The molecule has 1 saturated heterocycles. The molecule has 1 aliphatic heterocycles. The number of sulfonamides is 1. The lowest BCUT2D eigenvalue weighted by Gasteiger charge is -2.37. The van der Waals surface area contributed by atoms with Crippen molar-refractivity contribution >= 4 is 21.6 Å². The number of amides is 1. The van der Waals surface area contributed by atoms with Crippen molar-refractivity contribution in [3.8, 4) is 5.75 Å². The van der Waals surface area contributed by atoms with Gasteiger partial charge in [0, 0.05) is 24.8 Å². The van der Waals surface area contributed by atoms with Gasteiger partial charge in [-0.05, 0) is 25.0 Å². The van der Waals surface area contributed by atoms with Crippen LogP contribution in [0.4, 0.5) is 14.5 Å². The van der Waals surface area contributed by atoms with Crippen molar-refractivity contribution < 1.29 is 26.7 Å². The maximum absolute atomic E-state index is 12.2. The third kappa shape index (κ3) is 3.61. The molecular formula is C14H16F2N2O4S. The molecule has 0 bridgehead atoms. The molecule has 1 N–H and O–H groups in total. The Morgan fingerprint density at radius 3 is 2.61 bits per heavy atom. The number of hydrogen-bond acceptors (Lipinski definition) is 4. The van der Waals surface area contributed by atoms with E-state index in [4.69, 9.17) is 0 Å². The molecule has 0 radical (unpaired) electrons. The summed E-state index contributed by atoms with van der Waals surface area (Å²) in [4.78, 5) is 12.1. The van der Waals surface area contributed by atoms with Gasteiger partial charge in [-0.25, -0.2) is 8.42 Å². The van der Waals surface area contributed by atoms with E-state index in [-0.39, 0.29) is 30.0 Å². The number of anilines is 1. The number of hydrogen-bond donors (Lipinski definition) is 1. The van der Waals surface area contributed by atoms with Crippen molar-refractivity contribution in [2.24, 2.45) is 5.92 Å². The Morgan fingerprint density at radius 2 is 2.00 bits per heavy atom. The van der Waals surface area contributed by atoms with Crippen molar-refractivity contribution in [2.75, 3.05) is 18.4 Å². The highest BCUT2D eigenvalue weighted by atomic mass is 32.2. The molecule has 0 aromatic heterocycles. The van der Waals surface area contributed by atoms with Crippen LogP contribution in [0, 0.1) is 5.92 Å². The van der Waals surface area contributed by atoms with Gasteiger partial charge in [0.1, 0.15) is 5.75 Å². The summed E-state index contributed by atoms with van der Waals surface area (Å²) in [5.41, 5.74) is 0.330. The quantitative estimate of drug-likeness (QED) is 0.850. The second kappa shape index (κ2) is 6.04. The molecule has 1 aromatic rings. The lowest BCUT2D eigenvalue weighted by atomic mass is 10.0. The van der Waals surface area contributed by atoms with Gasteiger partial charge in [-0.15, -0.1) is 0 Å². The van der Waals surface area contributed by atoms with Gasteiger partial charge in [0.15, 0.2) is 0 Å². The van der Waals surface area contributed by atoms with E-state index in [1.807, 2.05) is 0 Å². The van der Waals surface area contributed by atoms with Crippen LogP contribution in [0.2, 0.25) is 0 Å². The Hall–Kier alpha value is -1.74. The maximum atomic E-state index is 12.2. The van der Waals surface area contributed by atoms with E-state index in [2.05, 4.69) is 10.1 Å². The van der Waals surface area contributed by atoms with Gasteiger partial charge in [-0.1, -0.05) is 6.07 Å². The minimum atomic E-state index is -3.24. The number of carbonyl (C=O) groups is 1. The van der Waals surface area contributed by atoms with Crippen molar-refractivity contribution in [1.82, 2.24) is 4.31 Å². The van der Waals surface area contributed by atoms with Crippen molar-refractivity contribution in [3.63, 3.8) is 0 Å². The molecule has 9 heteroatoms. The van der Waals surface area contributed by atoms with Crippen LogP contribution in [0.3, 0.4) is 0 Å². The molecule has 2 aliphatic rings. The summed E-state index contributed by atoms with van der Waals surface area (Å²) in [7, 11) is -3.24. The zero-order valence-corrected chi connectivity index (χ0v) is 12.9. The minimum Gasteiger partial charge on any atom is -0.435 e. The Kier molecular flexibility index (Phi) is 4.24. The van der Waals surface area contributed by atoms with Crippen LogP contribution in [0.15, 0.2) is 24.3 Å². The molecule has 0 spiro atoms. The summed E-state index contributed by atoms with van der Waals surface area (Å²) in [6.07, 6.45) is 1.37. The molecule has 1 aromatic carbocycles. The van der Waals surface area contributed by atoms with E-state index in [9.17, 15) is 22.0 Å². The fourth-order valence-electron chi connectivity index (χ4n) is 2.38. The maximum Gasteiger partial charge on any atom is 0.387 e. The Morgan fingerprint density at radius 1 is 1.30 bits per heavy atom. The Balaban J connectivity index is 1.54. The summed E-state index contributed by atoms with van der Waals surface area (Å²) in [5, 5.41) is 2.31. The molecule has 0 atom stereocenters. The average molecular weight is 346 g/mol. The smallest absolute Gasteiger partial charge is 0.387 e. The summed E-state index contributed by atoms with van der Waals surface area (Å²) in [6, 6.07) is 5.68. The van der Waals surface area contributed by atoms with Crippen LogP contribution in [0.25, 0.3) is 0 Å². The summed E-state index contributed by atoms with van der Waals surface area (Å²) >= 11 is 0. The highest BCUT2D eigenvalue weighted by Gasteiger charge is 2.46. The monoisotopic (exact) mass is 346 g/mol. The molecule has 126 valence electrons. The molecule has 6 nitrogen and oxygen atoms in total. The molecule has 2 fully saturated rings. The summed E-state index contributed by atoms with van der Waals surface area (Å²) in [5.74, 6) is -0.811. The zero-order valence-electron chi connectivity index (χ0n) is 12.1.